The van der Waals surface area contributed by atoms with Crippen LogP contribution in [0.5, 0.6) is 0 Å². The molecule has 0 aliphatic rings. The van der Waals surface area contributed by atoms with Crippen molar-refractivity contribution in [3.8, 4) is 0 Å². The maximum atomic E-state index is 5.87. The van der Waals surface area contributed by atoms with Gasteiger partial charge in [0, 0.05) is 24.5 Å². The minimum absolute atomic E-state index is 0.357. The van der Waals surface area contributed by atoms with E-state index < -0.39 is 0 Å². The molecule has 16 heavy (non-hydrogen) atoms. The number of nitrogen functional groups attached to an aromatic ring is 1. The van der Waals surface area contributed by atoms with Crippen molar-refractivity contribution >= 4 is 11.4 Å². The van der Waals surface area contributed by atoms with Gasteiger partial charge in [0.2, 0.25) is 0 Å². The zero-order valence-electron chi connectivity index (χ0n) is 10.4. The van der Waals surface area contributed by atoms with Crippen LogP contribution in [0.4, 0.5) is 11.4 Å². The van der Waals surface area contributed by atoms with Gasteiger partial charge in [-0.15, -0.1) is 0 Å². The summed E-state index contributed by atoms with van der Waals surface area (Å²) in [4.78, 5) is 0. The van der Waals surface area contributed by atoms with Crippen molar-refractivity contribution in [3.05, 3.63) is 23.8 Å². The second-order valence-corrected chi connectivity index (χ2v) is 4.11. The Hall–Kier alpha value is -1.22. The van der Waals surface area contributed by atoms with Crippen molar-refractivity contribution in [3.63, 3.8) is 0 Å². The zero-order chi connectivity index (χ0) is 12.0. The minimum atomic E-state index is 0.357. The molecule has 0 spiro atoms. The Morgan fingerprint density at radius 3 is 2.81 bits per heavy atom. The molecule has 0 aromatic heterocycles. The van der Waals surface area contributed by atoms with Crippen LogP contribution < -0.4 is 11.1 Å². The van der Waals surface area contributed by atoms with Crippen LogP contribution in [0.3, 0.4) is 0 Å². The lowest BCUT2D eigenvalue weighted by Gasteiger charge is -2.20. The van der Waals surface area contributed by atoms with Gasteiger partial charge in [-0.1, -0.05) is 19.4 Å². The first kappa shape index (κ1) is 12.8. The molecule has 0 bridgehead atoms. The molecular weight excluding hydrogens is 200 g/mol. The van der Waals surface area contributed by atoms with Gasteiger partial charge in [-0.25, -0.2) is 0 Å². The van der Waals surface area contributed by atoms with Crippen LogP contribution in [0.1, 0.15) is 25.3 Å². The molecule has 3 heteroatoms. The van der Waals surface area contributed by atoms with Crippen LogP contribution >= 0.6 is 0 Å². The van der Waals surface area contributed by atoms with Gasteiger partial charge in [-0.3, -0.25) is 0 Å². The van der Waals surface area contributed by atoms with E-state index in [9.17, 15) is 0 Å². The fraction of sp³-hybridized carbons (Fsp3) is 0.538. The molecule has 1 unspecified atom stereocenters. The third-order valence-corrected chi connectivity index (χ3v) is 2.74. The highest BCUT2D eigenvalue weighted by Gasteiger charge is 2.09. The zero-order valence-corrected chi connectivity index (χ0v) is 10.4. The SMILES string of the molecule is CCCC(COC)Nc1cccc(N)c1C. The highest BCUT2D eigenvalue weighted by atomic mass is 16.5. The van der Waals surface area contributed by atoms with Crippen LogP contribution in [0, 0.1) is 6.92 Å². The third kappa shape index (κ3) is 3.42. The molecule has 0 saturated heterocycles. The van der Waals surface area contributed by atoms with Gasteiger partial charge in [-0.2, -0.15) is 0 Å². The van der Waals surface area contributed by atoms with Gasteiger partial charge in [0.15, 0.2) is 0 Å². The summed E-state index contributed by atoms with van der Waals surface area (Å²) >= 11 is 0. The summed E-state index contributed by atoms with van der Waals surface area (Å²) < 4.78 is 5.21. The highest BCUT2D eigenvalue weighted by Crippen LogP contribution is 2.21. The molecule has 0 saturated carbocycles. The molecule has 0 radical (unpaired) electrons. The van der Waals surface area contributed by atoms with Crippen LogP contribution in [0.2, 0.25) is 0 Å². The predicted octanol–water partition coefficient (Wildman–Crippen LogP) is 2.80. The Bertz CT molecular complexity index is 320. The van der Waals surface area contributed by atoms with Crippen molar-refractivity contribution in [2.75, 3.05) is 24.8 Å². The number of rotatable bonds is 6. The van der Waals surface area contributed by atoms with Crippen LogP contribution in [-0.2, 0) is 4.74 Å². The molecule has 0 aliphatic carbocycles. The summed E-state index contributed by atoms with van der Waals surface area (Å²) in [5.41, 5.74) is 8.92. The molecule has 0 amide bonds. The van der Waals surface area contributed by atoms with Crippen molar-refractivity contribution in [1.82, 2.24) is 0 Å². The van der Waals surface area contributed by atoms with E-state index in [2.05, 4.69) is 18.3 Å². The number of ether oxygens (including phenoxy) is 1. The van der Waals surface area contributed by atoms with Gasteiger partial charge in [0.05, 0.1) is 6.61 Å². The monoisotopic (exact) mass is 222 g/mol. The normalized spacial score (nSPS) is 12.4. The van der Waals surface area contributed by atoms with E-state index in [-0.39, 0.29) is 0 Å². The Kier molecular flexibility index (Phi) is 5.12. The average Bonchev–Trinajstić information content (AvgIpc) is 2.25. The van der Waals surface area contributed by atoms with Gasteiger partial charge in [0.1, 0.15) is 0 Å². The van der Waals surface area contributed by atoms with Crippen LogP contribution in [0.15, 0.2) is 18.2 Å². The molecule has 1 aromatic carbocycles. The van der Waals surface area contributed by atoms with Crippen molar-refractivity contribution in [2.45, 2.75) is 32.7 Å². The molecule has 90 valence electrons. The lowest BCUT2D eigenvalue weighted by molar-refractivity contribution is 0.182. The van der Waals surface area contributed by atoms with Crippen molar-refractivity contribution in [2.24, 2.45) is 0 Å². The topological polar surface area (TPSA) is 47.3 Å². The molecule has 0 fully saturated rings. The summed E-state index contributed by atoms with van der Waals surface area (Å²) in [6.45, 7) is 4.94. The highest BCUT2D eigenvalue weighted by molar-refractivity contribution is 5.63. The van der Waals surface area contributed by atoms with Gasteiger partial charge in [-0.05, 0) is 31.0 Å². The summed E-state index contributed by atoms with van der Waals surface area (Å²) in [6.07, 6.45) is 2.24. The van der Waals surface area contributed by atoms with E-state index >= 15 is 0 Å². The number of hydrogen-bond acceptors (Lipinski definition) is 3. The second-order valence-electron chi connectivity index (χ2n) is 4.11. The Morgan fingerprint density at radius 2 is 2.19 bits per heavy atom. The molecule has 1 aromatic rings. The van der Waals surface area contributed by atoms with E-state index in [1.165, 1.54) is 0 Å². The molecule has 3 nitrogen and oxygen atoms in total. The Labute approximate surface area is 98.0 Å². The second kappa shape index (κ2) is 6.38. The lowest BCUT2D eigenvalue weighted by Crippen LogP contribution is -2.25. The smallest absolute Gasteiger partial charge is 0.0664 e. The van der Waals surface area contributed by atoms with E-state index in [0.29, 0.717) is 6.04 Å². The standard InChI is InChI=1S/C13H22N2O/c1-4-6-11(9-16-3)15-13-8-5-7-12(14)10(13)2/h5,7-8,11,15H,4,6,9,14H2,1-3H3. The van der Waals surface area contributed by atoms with E-state index in [0.717, 1.165) is 36.4 Å². The van der Waals surface area contributed by atoms with Gasteiger partial charge < -0.3 is 15.8 Å². The molecule has 1 rings (SSSR count). The number of methoxy groups -OCH3 is 1. The summed E-state index contributed by atoms with van der Waals surface area (Å²) in [6, 6.07) is 6.31. The fourth-order valence-corrected chi connectivity index (χ4v) is 1.78. The molecule has 1 atom stereocenters. The van der Waals surface area contributed by atoms with Gasteiger partial charge in [0.25, 0.3) is 0 Å². The summed E-state index contributed by atoms with van der Waals surface area (Å²) in [7, 11) is 1.73. The fourth-order valence-electron chi connectivity index (χ4n) is 1.78. The largest absolute Gasteiger partial charge is 0.398 e. The molecule has 0 aliphatic heterocycles. The Morgan fingerprint density at radius 1 is 1.44 bits per heavy atom. The number of anilines is 2. The van der Waals surface area contributed by atoms with Crippen molar-refractivity contribution in [1.29, 1.82) is 0 Å². The quantitative estimate of drug-likeness (QED) is 0.728. The number of hydrogen-bond donors (Lipinski definition) is 2. The van der Waals surface area contributed by atoms with Crippen LogP contribution in [0.25, 0.3) is 0 Å². The predicted molar refractivity (Wildman–Crippen MR) is 69.8 cm³/mol. The summed E-state index contributed by atoms with van der Waals surface area (Å²) in [5, 5.41) is 3.48. The van der Waals surface area contributed by atoms with E-state index in [1.807, 2.05) is 19.1 Å². The average molecular weight is 222 g/mol. The number of benzene rings is 1. The minimum Gasteiger partial charge on any atom is -0.398 e. The van der Waals surface area contributed by atoms with E-state index in [1.54, 1.807) is 7.11 Å². The first-order valence-corrected chi connectivity index (χ1v) is 5.79. The number of nitrogens with two attached hydrogens (primary N) is 1. The third-order valence-electron chi connectivity index (χ3n) is 2.74. The van der Waals surface area contributed by atoms with Crippen LogP contribution in [-0.4, -0.2) is 19.8 Å². The van der Waals surface area contributed by atoms with E-state index in [4.69, 9.17) is 10.5 Å². The molecular formula is C13H22N2O. The lowest BCUT2D eigenvalue weighted by atomic mass is 10.1. The van der Waals surface area contributed by atoms with Crippen molar-refractivity contribution < 1.29 is 4.74 Å². The maximum Gasteiger partial charge on any atom is 0.0664 e. The first-order valence-electron chi connectivity index (χ1n) is 5.79. The Balaban J connectivity index is 2.72. The first-order chi connectivity index (χ1) is 7.69. The number of nitrogens with one attached hydrogen (secondary N) is 1. The van der Waals surface area contributed by atoms with Gasteiger partial charge >= 0.3 is 0 Å². The molecule has 0 heterocycles. The molecule has 3 N–H and O–H groups in total. The summed E-state index contributed by atoms with van der Waals surface area (Å²) in [5.74, 6) is 0. The maximum absolute atomic E-state index is 5.87.